The van der Waals surface area contributed by atoms with E-state index in [1.807, 2.05) is 45.9 Å². The average Bonchev–Trinajstić information content (AvgIpc) is 3.45. The number of nitrogens with one attached hydrogen (secondary N) is 1. The first-order valence-corrected chi connectivity index (χ1v) is 22.5. The van der Waals surface area contributed by atoms with E-state index < -0.39 is 13.5 Å². The third-order valence-corrected chi connectivity index (χ3v) is 10.0. The van der Waals surface area contributed by atoms with Crippen LogP contribution in [0.15, 0.2) is 60.7 Å². The molecule has 0 spiro atoms. The standard InChI is InChI=1S/C21H27N2.C20H24FNO2.2ClH.Ru/c1-14-9-16(3)20(17(4)10-14)22-7-8-23(13-22)21-18(5)11-15(2)12-19(21)6;1-13(2)23-18-8-9-19(20(11-18)24-14(3)4)22-12-16-6-7-17(21)10-15(16)5;;;/h9-13H,7-8H2,1-6H3;5-11,13-14,22H,12H2,1-4H3;2*1H;/q-1;;;;+2/p-1. The van der Waals surface area contributed by atoms with E-state index in [1.54, 1.807) is 10.7 Å². The third-order valence-electron chi connectivity index (χ3n) is 8.21. The molecule has 4 aromatic carbocycles. The second-order valence-electron chi connectivity index (χ2n) is 13.6. The number of ether oxygens (including phenoxy) is 2. The van der Waals surface area contributed by atoms with Crippen LogP contribution in [0.2, 0.25) is 0 Å². The van der Waals surface area contributed by atoms with Gasteiger partial charge in [-0.1, -0.05) is 35.4 Å². The minimum Gasteiger partial charge on any atom is -0.502 e. The van der Waals surface area contributed by atoms with E-state index in [4.69, 9.17) is 24.1 Å². The molecule has 0 radical (unpaired) electrons. The van der Waals surface area contributed by atoms with Gasteiger partial charge < -0.3 is 9.80 Å². The molecule has 0 aliphatic carbocycles. The van der Waals surface area contributed by atoms with Crippen LogP contribution in [-0.4, -0.2) is 34.6 Å². The number of halogens is 3. The van der Waals surface area contributed by atoms with Gasteiger partial charge in [-0.15, -0.1) is 0 Å². The van der Waals surface area contributed by atoms with Crippen LogP contribution < -0.4 is 19.9 Å². The molecule has 1 fully saturated rings. The number of anilines is 3. The molecule has 1 saturated heterocycles. The Bertz CT molecular complexity index is 1710. The number of aliphatic hydroxyl groups is 1. The van der Waals surface area contributed by atoms with Crippen molar-refractivity contribution in [2.45, 2.75) is 88.0 Å². The van der Waals surface area contributed by atoms with Crippen molar-refractivity contribution in [3.8, 4) is 11.5 Å². The summed E-state index contributed by atoms with van der Waals surface area (Å²) in [6.45, 7) is 26.1. The fourth-order valence-corrected chi connectivity index (χ4v) is 8.44. The molecule has 4 aromatic rings. The van der Waals surface area contributed by atoms with Crippen molar-refractivity contribution in [2.75, 3.05) is 28.2 Å². The molecule has 1 aliphatic rings. The topological polar surface area (TPSA) is 40.5 Å². The van der Waals surface area contributed by atoms with Crippen molar-refractivity contribution in [1.29, 1.82) is 0 Å². The molecule has 2 N–H and O–H groups in total. The quantitative estimate of drug-likeness (QED) is 0.0750. The molecule has 1 aliphatic heterocycles. The Hall–Kier alpha value is -3.12. The maximum absolute atomic E-state index is 13.6. The predicted octanol–water partition coefficient (Wildman–Crippen LogP) is 10.9. The summed E-state index contributed by atoms with van der Waals surface area (Å²) >= 11 is -2.05. The number of rotatable bonds is 10. The molecule has 0 atom stereocenters. The molecule has 0 saturated carbocycles. The number of benzene rings is 4. The summed E-state index contributed by atoms with van der Waals surface area (Å²) in [5.74, 6) is 1.31. The van der Waals surface area contributed by atoms with Crippen LogP contribution >= 0.6 is 19.4 Å². The van der Waals surface area contributed by atoms with Crippen LogP contribution in [0, 0.1) is 54.0 Å². The molecule has 5 nitrogen and oxygen atoms in total. The van der Waals surface area contributed by atoms with E-state index in [0.717, 1.165) is 41.4 Å². The SMILES string of the molecule is CC(C)Oc1ccc(NCc2ccc(F)cc2[CH]=[Ru]([Cl])[Cl])c([OH+]C(C)C)c1.Cc1cc(C)c(N2[CH-]N(c3c(C)cc(C)cc3C)CC2)c(C)c1. The summed E-state index contributed by atoms with van der Waals surface area (Å²) in [6, 6.07) is 19.6. The van der Waals surface area contributed by atoms with Crippen LogP contribution in [0.3, 0.4) is 0 Å². The number of hydrogen-bond acceptors (Lipinski definition) is 4. The third kappa shape index (κ3) is 10.9. The second kappa shape index (κ2) is 17.9. The normalized spacial score (nSPS) is 13.0. The number of hydrogen-bond donors (Lipinski definition) is 1. The van der Waals surface area contributed by atoms with Crippen molar-refractivity contribution >= 4 is 41.1 Å². The van der Waals surface area contributed by atoms with Gasteiger partial charge in [0.2, 0.25) is 0 Å². The number of aromatic hydroxyl groups is 1. The molecule has 0 amide bonds. The van der Waals surface area contributed by atoms with Gasteiger partial charge in [-0.25, -0.2) is 0 Å². The molecule has 272 valence electrons. The Morgan fingerprint density at radius 1 is 0.820 bits per heavy atom. The zero-order chi connectivity index (χ0) is 36.7. The average molecular weight is 810 g/mol. The molecule has 1 heterocycles. The summed E-state index contributed by atoms with van der Waals surface area (Å²) in [4.78, 5) is 4.81. The van der Waals surface area contributed by atoms with Gasteiger partial charge in [-0.3, -0.25) is 0 Å². The van der Waals surface area contributed by atoms with E-state index in [-0.39, 0.29) is 18.0 Å². The smallest absolute Gasteiger partial charge is 0.0146 e. The van der Waals surface area contributed by atoms with Gasteiger partial charge >= 0.3 is 174 Å². The van der Waals surface area contributed by atoms with E-state index in [1.165, 1.54) is 56.9 Å². The Morgan fingerprint density at radius 2 is 1.36 bits per heavy atom. The summed E-state index contributed by atoms with van der Waals surface area (Å²) in [5.41, 5.74) is 13.4. The van der Waals surface area contributed by atoms with Crippen molar-refractivity contribution in [2.24, 2.45) is 0 Å². The number of nitrogens with zero attached hydrogens (tertiary/aromatic N) is 2. The molecular formula is C41H52Cl2FN3O2Ru. The first-order chi connectivity index (χ1) is 23.6. The van der Waals surface area contributed by atoms with Gasteiger partial charge in [-0.05, 0) is 63.8 Å². The van der Waals surface area contributed by atoms with Crippen molar-refractivity contribution in [3.05, 3.63) is 118 Å². The van der Waals surface area contributed by atoms with Gasteiger partial charge in [0, 0.05) is 24.5 Å². The zero-order valence-electron chi connectivity index (χ0n) is 30.9. The fraction of sp³-hybridized carbons (Fsp3) is 0.366. The molecule has 9 heteroatoms. The summed E-state index contributed by atoms with van der Waals surface area (Å²) in [7, 11) is 12.0. The maximum Gasteiger partial charge on any atom is 0.0146 e. The Kier molecular flexibility index (Phi) is 14.2. The van der Waals surface area contributed by atoms with Crippen molar-refractivity contribution in [3.63, 3.8) is 0 Å². The van der Waals surface area contributed by atoms with E-state index in [2.05, 4.69) is 92.3 Å². The van der Waals surface area contributed by atoms with Gasteiger partial charge in [-0.2, -0.15) is 6.67 Å². The van der Waals surface area contributed by atoms with E-state index >= 15 is 0 Å². The predicted molar refractivity (Wildman–Crippen MR) is 210 cm³/mol. The minimum absolute atomic E-state index is 0.0939. The van der Waals surface area contributed by atoms with Gasteiger partial charge in [0.25, 0.3) is 0 Å². The molecule has 0 bridgehead atoms. The van der Waals surface area contributed by atoms with Crippen LogP contribution in [-0.2, 0) is 20.1 Å². The minimum atomic E-state index is -2.05. The summed E-state index contributed by atoms with van der Waals surface area (Å²) < 4.78 is 25.8. The first-order valence-electron chi connectivity index (χ1n) is 17.0. The van der Waals surface area contributed by atoms with Crippen LogP contribution in [0.1, 0.15) is 72.2 Å². The zero-order valence-corrected chi connectivity index (χ0v) is 34.2. The summed E-state index contributed by atoms with van der Waals surface area (Å²) in [5, 5.41) is 3.39. The summed E-state index contributed by atoms with van der Waals surface area (Å²) in [6.07, 6.45) is 0.241. The molecule has 0 unspecified atom stereocenters. The van der Waals surface area contributed by atoms with E-state index in [9.17, 15) is 4.39 Å². The van der Waals surface area contributed by atoms with Gasteiger partial charge in [0.05, 0.1) is 0 Å². The van der Waals surface area contributed by atoms with Crippen molar-refractivity contribution in [1.82, 2.24) is 0 Å². The van der Waals surface area contributed by atoms with Gasteiger partial charge in [0.1, 0.15) is 0 Å². The molecule has 50 heavy (non-hydrogen) atoms. The van der Waals surface area contributed by atoms with Crippen molar-refractivity contribution < 1.29 is 27.4 Å². The number of aryl methyl sites for hydroxylation is 6. The molecule has 5 rings (SSSR count). The monoisotopic (exact) mass is 809 g/mol. The Labute approximate surface area is 312 Å². The molecule has 0 aromatic heterocycles. The Balaban J connectivity index is 0.000000227. The van der Waals surface area contributed by atoms with Gasteiger partial charge in [0.15, 0.2) is 0 Å². The maximum atomic E-state index is 13.6. The van der Waals surface area contributed by atoms with Crippen LogP contribution in [0.25, 0.3) is 0 Å². The second-order valence-corrected chi connectivity index (χ2v) is 19.3. The Morgan fingerprint density at radius 3 is 1.84 bits per heavy atom. The largest absolute Gasteiger partial charge is 0.502 e. The van der Waals surface area contributed by atoms with Crippen LogP contribution in [0.5, 0.6) is 11.5 Å². The van der Waals surface area contributed by atoms with E-state index in [0.29, 0.717) is 6.54 Å². The first kappa shape index (κ1) is 39.7. The molecular weight excluding hydrogens is 757 g/mol. The van der Waals surface area contributed by atoms with Crippen LogP contribution in [0.4, 0.5) is 21.5 Å². The fourth-order valence-electron chi connectivity index (χ4n) is 6.58.